The van der Waals surface area contributed by atoms with E-state index in [0.717, 1.165) is 0 Å². The maximum absolute atomic E-state index is 11.7. The summed E-state index contributed by atoms with van der Waals surface area (Å²) < 4.78 is 4.98. The van der Waals surface area contributed by atoms with E-state index in [2.05, 4.69) is 0 Å². The van der Waals surface area contributed by atoms with E-state index in [9.17, 15) is 9.59 Å². The third-order valence-corrected chi connectivity index (χ3v) is 3.45. The van der Waals surface area contributed by atoms with Crippen molar-refractivity contribution in [2.45, 2.75) is 6.92 Å². The van der Waals surface area contributed by atoms with Crippen molar-refractivity contribution < 1.29 is 14.3 Å². The molecule has 0 bridgehead atoms. The normalized spacial score (nSPS) is 14.9. The second kappa shape index (κ2) is 6.34. The lowest BCUT2D eigenvalue weighted by Crippen LogP contribution is -2.49. The number of amides is 2. The van der Waals surface area contributed by atoms with Crippen LogP contribution in [-0.4, -0.2) is 49.7 Å². The summed E-state index contributed by atoms with van der Waals surface area (Å²) in [5.41, 5.74) is 12.9. The topological polar surface area (TPSA) is 102 Å². The first-order chi connectivity index (χ1) is 10.0. The van der Waals surface area contributed by atoms with Crippen molar-refractivity contribution in [2.24, 2.45) is 5.73 Å². The summed E-state index contributed by atoms with van der Waals surface area (Å²) in [6.45, 7) is 4.33. The van der Waals surface area contributed by atoms with Gasteiger partial charge in [0.15, 0.2) is 0 Å². The highest BCUT2D eigenvalue weighted by molar-refractivity contribution is 6.01. The Labute approximate surface area is 123 Å². The Morgan fingerprint density at radius 2 is 1.90 bits per heavy atom. The Balaban J connectivity index is 2.13. The Hall–Kier alpha value is -2.44. The van der Waals surface area contributed by atoms with E-state index < -0.39 is 5.91 Å². The lowest BCUT2D eigenvalue weighted by Gasteiger charge is -2.36. The largest absolute Gasteiger partial charge is 0.450 e. The van der Waals surface area contributed by atoms with Gasteiger partial charge in [0.25, 0.3) is 5.91 Å². The highest BCUT2D eigenvalue weighted by atomic mass is 16.6. The van der Waals surface area contributed by atoms with Gasteiger partial charge in [-0.1, -0.05) is 6.07 Å². The monoisotopic (exact) mass is 292 g/mol. The smallest absolute Gasteiger partial charge is 0.409 e. The molecule has 21 heavy (non-hydrogen) atoms. The molecule has 1 saturated heterocycles. The molecule has 4 N–H and O–H groups in total. The van der Waals surface area contributed by atoms with Gasteiger partial charge < -0.3 is 26.0 Å². The number of anilines is 2. The van der Waals surface area contributed by atoms with Gasteiger partial charge in [0.1, 0.15) is 0 Å². The molecule has 1 aromatic carbocycles. The van der Waals surface area contributed by atoms with Crippen molar-refractivity contribution in [1.82, 2.24) is 4.90 Å². The fourth-order valence-electron chi connectivity index (χ4n) is 2.44. The molecule has 0 unspecified atom stereocenters. The quantitative estimate of drug-likeness (QED) is 0.796. The first-order valence-electron chi connectivity index (χ1n) is 6.89. The van der Waals surface area contributed by atoms with Crippen molar-refractivity contribution in [3.63, 3.8) is 0 Å². The molecular weight excluding hydrogens is 272 g/mol. The van der Waals surface area contributed by atoms with Crippen LogP contribution in [0, 0.1) is 0 Å². The minimum atomic E-state index is -0.509. The second-order valence-electron chi connectivity index (χ2n) is 4.78. The van der Waals surface area contributed by atoms with Crippen molar-refractivity contribution >= 4 is 23.4 Å². The van der Waals surface area contributed by atoms with E-state index in [1.54, 1.807) is 30.0 Å². The maximum atomic E-state index is 11.7. The predicted octanol–water partition coefficient (Wildman–Crippen LogP) is 0.646. The molecule has 114 valence electrons. The van der Waals surface area contributed by atoms with Crippen LogP contribution in [0.4, 0.5) is 16.2 Å². The third-order valence-electron chi connectivity index (χ3n) is 3.45. The van der Waals surface area contributed by atoms with Gasteiger partial charge in [0.05, 0.1) is 23.5 Å². The van der Waals surface area contributed by atoms with Crippen LogP contribution in [0.3, 0.4) is 0 Å². The summed E-state index contributed by atoms with van der Waals surface area (Å²) in [6, 6.07) is 5.10. The van der Waals surface area contributed by atoms with Crippen LogP contribution in [0.2, 0.25) is 0 Å². The Morgan fingerprint density at radius 1 is 1.24 bits per heavy atom. The Morgan fingerprint density at radius 3 is 2.48 bits per heavy atom. The van der Waals surface area contributed by atoms with E-state index in [0.29, 0.717) is 49.7 Å². The molecule has 7 heteroatoms. The molecule has 0 saturated carbocycles. The molecule has 0 aliphatic carbocycles. The number of hydrogen-bond donors (Lipinski definition) is 2. The number of piperazine rings is 1. The lowest BCUT2D eigenvalue weighted by molar-refractivity contribution is 0.0995. The number of nitrogen functional groups attached to an aromatic ring is 1. The number of nitrogens with two attached hydrogens (primary N) is 2. The second-order valence-corrected chi connectivity index (χ2v) is 4.78. The van der Waals surface area contributed by atoms with Gasteiger partial charge in [-0.2, -0.15) is 0 Å². The number of carbonyl (C=O) groups is 2. The van der Waals surface area contributed by atoms with Gasteiger partial charge >= 0.3 is 6.09 Å². The van der Waals surface area contributed by atoms with Gasteiger partial charge in [-0.05, 0) is 19.1 Å². The number of hydrogen-bond acceptors (Lipinski definition) is 5. The van der Waals surface area contributed by atoms with Crippen LogP contribution in [0.1, 0.15) is 17.3 Å². The standard InChI is InChI=1S/C14H20N4O3/c1-2-21-14(20)18-8-6-17(7-9-18)12-10(13(16)19)4-3-5-11(12)15/h3-5H,2,6-9,15H2,1H3,(H2,16,19). The average Bonchev–Trinajstić information content (AvgIpc) is 2.47. The molecule has 1 aliphatic rings. The van der Waals surface area contributed by atoms with Crippen molar-refractivity contribution in [3.8, 4) is 0 Å². The number of carbonyl (C=O) groups excluding carboxylic acids is 2. The fourth-order valence-corrected chi connectivity index (χ4v) is 2.44. The molecule has 0 spiro atoms. The molecule has 0 atom stereocenters. The fraction of sp³-hybridized carbons (Fsp3) is 0.429. The summed E-state index contributed by atoms with van der Waals surface area (Å²) in [6.07, 6.45) is -0.312. The lowest BCUT2D eigenvalue weighted by atomic mass is 10.1. The van der Waals surface area contributed by atoms with Crippen LogP contribution in [0.15, 0.2) is 18.2 Å². The zero-order chi connectivity index (χ0) is 15.4. The number of ether oxygens (including phenoxy) is 1. The molecule has 0 radical (unpaired) electrons. The third kappa shape index (κ3) is 3.18. The van der Waals surface area contributed by atoms with Gasteiger partial charge in [0.2, 0.25) is 0 Å². The summed E-state index contributed by atoms with van der Waals surface area (Å²) in [5, 5.41) is 0. The molecule has 0 aromatic heterocycles. The molecule has 2 rings (SSSR count). The highest BCUT2D eigenvalue weighted by Crippen LogP contribution is 2.28. The summed E-state index contributed by atoms with van der Waals surface area (Å²) >= 11 is 0. The zero-order valence-electron chi connectivity index (χ0n) is 12.0. The van der Waals surface area contributed by atoms with Crippen LogP contribution in [-0.2, 0) is 4.74 Å². The number of para-hydroxylation sites is 1. The van der Waals surface area contributed by atoms with Crippen molar-refractivity contribution in [3.05, 3.63) is 23.8 Å². The SMILES string of the molecule is CCOC(=O)N1CCN(c2c(N)cccc2C(N)=O)CC1. The van der Waals surface area contributed by atoms with Crippen LogP contribution in [0.5, 0.6) is 0 Å². The molecule has 7 nitrogen and oxygen atoms in total. The number of benzene rings is 1. The Bertz CT molecular complexity index is 539. The van der Waals surface area contributed by atoms with Crippen molar-refractivity contribution in [1.29, 1.82) is 0 Å². The van der Waals surface area contributed by atoms with Gasteiger partial charge in [-0.15, -0.1) is 0 Å². The average molecular weight is 292 g/mol. The molecular formula is C14H20N4O3. The molecule has 2 amide bonds. The summed E-state index contributed by atoms with van der Waals surface area (Å²) in [7, 11) is 0. The molecule has 1 heterocycles. The van der Waals surface area contributed by atoms with Gasteiger partial charge in [0, 0.05) is 26.2 Å². The molecule has 1 aromatic rings. The van der Waals surface area contributed by atoms with Crippen molar-refractivity contribution in [2.75, 3.05) is 43.4 Å². The Kier molecular flexibility index (Phi) is 4.52. The van der Waals surface area contributed by atoms with Crippen LogP contribution in [0.25, 0.3) is 0 Å². The number of primary amides is 1. The van der Waals surface area contributed by atoms with E-state index >= 15 is 0 Å². The van der Waals surface area contributed by atoms with Gasteiger partial charge in [-0.3, -0.25) is 4.79 Å². The predicted molar refractivity (Wildman–Crippen MR) is 80.2 cm³/mol. The van der Waals surface area contributed by atoms with E-state index in [1.165, 1.54) is 0 Å². The number of nitrogens with zero attached hydrogens (tertiary/aromatic N) is 2. The first-order valence-corrected chi connectivity index (χ1v) is 6.89. The van der Waals surface area contributed by atoms with Gasteiger partial charge in [-0.25, -0.2) is 4.79 Å². The van der Waals surface area contributed by atoms with E-state index in [4.69, 9.17) is 16.2 Å². The first kappa shape index (κ1) is 15.0. The highest BCUT2D eigenvalue weighted by Gasteiger charge is 2.25. The molecule has 1 aliphatic heterocycles. The van der Waals surface area contributed by atoms with Crippen LogP contribution >= 0.6 is 0 Å². The van der Waals surface area contributed by atoms with E-state index in [1.807, 2.05) is 4.90 Å². The zero-order valence-corrected chi connectivity index (χ0v) is 12.0. The maximum Gasteiger partial charge on any atom is 0.409 e. The minimum Gasteiger partial charge on any atom is -0.450 e. The summed E-state index contributed by atoms with van der Waals surface area (Å²) in [4.78, 5) is 26.8. The minimum absolute atomic E-state index is 0.312. The van der Waals surface area contributed by atoms with Crippen LogP contribution < -0.4 is 16.4 Å². The molecule has 1 fully saturated rings. The summed E-state index contributed by atoms with van der Waals surface area (Å²) in [5.74, 6) is -0.509. The number of rotatable bonds is 3. The van der Waals surface area contributed by atoms with E-state index in [-0.39, 0.29) is 6.09 Å².